The zero-order chi connectivity index (χ0) is 15.4. The van der Waals surface area contributed by atoms with E-state index in [2.05, 4.69) is 5.32 Å². The molecule has 0 aliphatic carbocycles. The first-order valence-electron chi connectivity index (χ1n) is 6.54. The van der Waals surface area contributed by atoms with Crippen LogP contribution in [-0.2, 0) is 6.61 Å². The molecule has 1 atom stereocenters. The van der Waals surface area contributed by atoms with Crippen LogP contribution < -0.4 is 10.1 Å². The first kappa shape index (κ1) is 15.4. The second kappa shape index (κ2) is 6.63. The molecular formula is C16H16F3NO. The number of hydrogen-bond acceptors (Lipinski definition) is 2. The third kappa shape index (κ3) is 3.76. The Kier molecular flexibility index (Phi) is 4.85. The number of hydrogen-bond donors (Lipinski definition) is 1. The molecule has 1 N–H and O–H groups in total. The van der Waals surface area contributed by atoms with Crippen molar-refractivity contribution in [1.82, 2.24) is 5.32 Å². The van der Waals surface area contributed by atoms with Gasteiger partial charge in [0.05, 0.1) is 0 Å². The third-order valence-corrected chi connectivity index (χ3v) is 3.26. The molecule has 112 valence electrons. The van der Waals surface area contributed by atoms with Crippen LogP contribution in [0.15, 0.2) is 36.4 Å². The Balaban J connectivity index is 2.21. The van der Waals surface area contributed by atoms with Gasteiger partial charge in [0.2, 0.25) is 0 Å². The maximum absolute atomic E-state index is 13.5. The van der Waals surface area contributed by atoms with E-state index in [1.54, 1.807) is 7.05 Å². The fourth-order valence-corrected chi connectivity index (χ4v) is 1.95. The first-order valence-corrected chi connectivity index (χ1v) is 6.54. The summed E-state index contributed by atoms with van der Waals surface area (Å²) in [5, 5.41) is 2.99. The van der Waals surface area contributed by atoms with Crippen LogP contribution in [0.3, 0.4) is 0 Å². The smallest absolute Gasteiger partial charge is 0.130 e. The fraction of sp³-hybridized carbons (Fsp3) is 0.250. The summed E-state index contributed by atoms with van der Waals surface area (Å²) in [4.78, 5) is 0. The summed E-state index contributed by atoms with van der Waals surface area (Å²) in [6.07, 6.45) is 0. The summed E-state index contributed by atoms with van der Waals surface area (Å²) in [5.74, 6) is -1.02. The molecule has 0 aromatic heterocycles. The van der Waals surface area contributed by atoms with E-state index in [9.17, 15) is 13.2 Å². The van der Waals surface area contributed by atoms with Crippen molar-refractivity contribution in [3.8, 4) is 5.75 Å². The monoisotopic (exact) mass is 295 g/mol. The van der Waals surface area contributed by atoms with E-state index in [-0.39, 0.29) is 24.0 Å². The maximum Gasteiger partial charge on any atom is 0.130 e. The molecule has 0 bridgehead atoms. The van der Waals surface area contributed by atoms with Crippen molar-refractivity contribution >= 4 is 0 Å². The molecule has 0 fully saturated rings. The van der Waals surface area contributed by atoms with E-state index in [0.717, 1.165) is 18.2 Å². The maximum atomic E-state index is 13.5. The topological polar surface area (TPSA) is 21.3 Å². The molecule has 0 aliphatic heterocycles. The zero-order valence-electron chi connectivity index (χ0n) is 11.8. The second-order valence-electron chi connectivity index (χ2n) is 4.72. The van der Waals surface area contributed by atoms with Crippen LogP contribution in [-0.4, -0.2) is 7.05 Å². The van der Waals surface area contributed by atoms with Crippen LogP contribution >= 0.6 is 0 Å². The molecule has 2 rings (SSSR count). The van der Waals surface area contributed by atoms with Gasteiger partial charge in [0.15, 0.2) is 0 Å². The largest absolute Gasteiger partial charge is 0.488 e. The molecule has 0 saturated heterocycles. The molecule has 2 nitrogen and oxygen atoms in total. The van der Waals surface area contributed by atoms with E-state index < -0.39 is 11.6 Å². The molecule has 0 saturated carbocycles. The molecule has 0 amide bonds. The van der Waals surface area contributed by atoms with E-state index in [0.29, 0.717) is 11.3 Å². The Morgan fingerprint density at radius 2 is 1.71 bits per heavy atom. The lowest BCUT2D eigenvalue weighted by atomic mass is 10.1. The van der Waals surface area contributed by atoms with Gasteiger partial charge in [0.25, 0.3) is 0 Å². The van der Waals surface area contributed by atoms with Gasteiger partial charge in [-0.05, 0) is 50.4 Å². The molecule has 0 heterocycles. The van der Waals surface area contributed by atoms with Crippen molar-refractivity contribution < 1.29 is 17.9 Å². The molecule has 0 spiro atoms. The number of nitrogens with one attached hydrogen (secondary N) is 1. The molecule has 21 heavy (non-hydrogen) atoms. The van der Waals surface area contributed by atoms with Crippen molar-refractivity contribution in [2.45, 2.75) is 19.6 Å². The highest BCUT2D eigenvalue weighted by molar-refractivity contribution is 5.36. The SMILES string of the molecule is CNC(C)c1cc(F)ccc1OCc1cc(F)ccc1F. The van der Waals surface area contributed by atoms with Crippen molar-refractivity contribution in [1.29, 1.82) is 0 Å². The number of ether oxygens (including phenoxy) is 1. The van der Waals surface area contributed by atoms with Gasteiger partial charge in [0.1, 0.15) is 29.8 Å². The summed E-state index contributed by atoms with van der Waals surface area (Å²) < 4.78 is 45.5. The Morgan fingerprint density at radius 1 is 1.05 bits per heavy atom. The predicted octanol–water partition coefficient (Wildman–Crippen LogP) is 3.96. The Bertz CT molecular complexity index is 631. The van der Waals surface area contributed by atoms with Gasteiger partial charge >= 0.3 is 0 Å². The lowest BCUT2D eigenvalue weighted by molar-refractivity contribution is 0.293. The summed E-state index contributed by atoms with van der Waals surface area (Å²) in [6.45, 7) is 1.73. The average Bonchev–Trinajstić information content (AvgIpc) is 2.48. The van der Waals surface area contributed by atoms with Crippen LogP contribution in [0.2, 0.25) is 0 Å². The lowest BCUT2D eigenvalue weighted by Crippen LogP contribution is -2.14. The normalized spacial score (nSPS) is 12.2. The highest BCUT2D eigenvalue weighted by Gasteiger charge is 2.13. The van der Waals surface area contributed by atoms with Crippen LogP contribution in [0.4, 0.5) is 13.2 Å². The van der Waals surface area contributed by atoms with Crippen LogP contribution in [0.1, 0.15) is 24.1 Å². The summed E-state index contributed by atoms with van der Waals surface area (Å²) >= 11 is 0. The van der Waals surface area contributed by atoms with E-state index in [1.165, 1.54) is 18.2 Å². The second-order valence-corrected chi connectivity index (χ2v) is 4.72. The molecule has 2 aromatic carbocycles. The molecular weight excluding hydrogens is 279 g/mol. The van der Waals surface area contributed by atoms with Gasteiger partial charge < -0.3 is 10.1 Å². The van der Waals surface area contributed by atoms with E-state index in [1.807, 2.05) is 6.92 Å². The molecule has 5 heteroatoms. The Labute approximate surface area is 121 Å². The minimum atomic E-state index is -0.540. The lowest BCUT2D eigenvalue weighted by Gasteiger charge is -2.17. The Hall–Kier alpha value is -2.01. The number of benzene rings is 2. The van der Waals surface area contributed by atoms with Crippen LogP contribution in [0, 0.1) is 17.5 Å². The zero-order valence-corrected chi connectivity index (χ0v) is 11.8. The van der Waals surface area contributed by atoms with Gasteiger partial charge in [-0.1, -0.05) is 0 Å². The van der Waals surface area contributed by atoms with Crippen molar-refractivity contribution in [2.75, 3.05) is 7.05 Å². The highest BCUT2D eigenvalue weighted by Crippen LogP contribution is 2.27. The van der Waals surface area contributed by atoms with Crippen LogP contribution in [0.25, 0.3) is 0 Å². The standard InChI is InChI=1S/C16H16F3NO/c1-10(20-2)14-8-13(18)4-6-16(14)21-9-11-7-12(17)3-5-15(11)19/h3-8,10,20H,9H2,1-2H3. The Morgan fingerprint density at radius 3 is 2.43 bits per heavy atom. The minimum absolute atomic E-state index is 0.113. The molecule has 2 aromatic rings. The van der Waals surface area contributed by atoms with Crippen molar-refractivity contribution in [3.63, 3.8) is 0 Å². The van der Waals surface area contributed by atoms with Gasteiger partial charge in [-0.2, -0.15) is 0 Å². The number of rotatable bonds is 5. The minimum Gasteiger partial charge on any atom is -0.488 e. The number of halogens is 3. The van der Waals surface area contributed by atoms with Crippen LogP contribution in [0.5, 0.6) is 5.75 Å². The highest BCUT2D eigenvalue weighted by atomic mass is 19.1. The van der Waals surface area contributed by atoms with Crippen molar-refractivity contribution in [2.24, 2.45) is 0 Å². The van der Waals surface area contributed by atoms with Gasteiger partial charge in [0, 0.05) is 17.2 Å². The average molecular weight is 295 g/mol. The summed E-state index contributed by atoms with van der Waals surface area (Å²) in [7, 11) is 1.74. The van der Waals surface area contributed by atoms with E-state index >= 15 is 0 Å². The summed E-state index contributed by atoms with van der Waals surface area (Å²) in [6, 6.07) is 7.16. The fourth-order valence-electron chi connectivity index (χ4n) is 1.95. The van der Waals surface area contributed by atoms with Gasteiger partial charge in [-0.15, -0.1) is 0 Å². The molecule has 1 unspecified atom stereocenters. The van der Waals surface area contributed by atoms with Crippen molar-refractivity contribution in [3.05, 3.63) is 65.0 Å². The molecule has 0 radical (unpaired) electrons. The molecule has 0 aliphatic rings. The van der Waals surface area contributed by atoms with Gasteiger partial charge in [-0.25, -0.2) is 13.2 Å². The predicted molar refractivity (Wildman–Crippen MR) is 74.6 cm³/mol. The van der Waals surface area contributed by atoms with Gasteiger partial charge in [-0.3, -0.25) is 0 Å². The third-order valence-electron chi connectivity index (χ3n) is 3.26. The first-order chi connectivity index (χ1) is 10.0. The van der Waals surface area contributed by atoms with E-state index in [4.69, 9.17) is 4.74 Å². The quantitative estimate of drug-likeness (QED) is 0.901. The summed E-state index contributed by atoms with van der Waals surface area (Å²) in [5.41, 5.74) is 0.733.